The Labute approximate surface area is 162 Å². The number of carbonyl (C=O) groups excluding carboxylic acids is 2. The zero-order valence-corrected chi connectivity index (χ0v) is 16.1. The molecule has 148 valence electrons. The average Bonchev–Trinajstić information content (AvgIpc) is 3.22. The highest BCUT2D eigenvalue weighted by molar-refractivity contribution is 7.89. The van der Waals surface area contributed by atoms with E-state index in [1.807, 2.05) is 0 Å². The number of sulfonamides is 1. The molecule has 9 nitrogen and oxygen atoms in total. The molecule has 1 aromatic carbocycles. The van der Waals surface area contributed by atoms with Gasteiger partial charge in [-0.15, -0.1) is 0 Å². The molecule has 0 atom stereocenters. The van der Waals surface area contributed by atoms with Crippen LogP contribution in [0.2, 0.25) is 0 Å². The second-order valence-corrected chi connectivity index (χ2v) is 8.24. The molecule has 28 heavy (non-hydrogen) atoms. The molecular formula is C18H20N4O5S. The number of esters is 1. The monoisotopic (exact) mass is 404 g/mol. The predicted molar refractivity (Wildman–Crippen MR) is 100 cm³/mol. The number of benzene rings is 1. The van der Waals surface area contributed by atoms with Crippen LogP contribution in [0.1, 0.15) is 29.0 Å². The van der Waals surface area contributed by atoms with E-state index in [2.05, 4.69) is 15.3 Å². The lowest BCUT2D eigenvalue weighted by atomic mass is 10.3. The molecule has 1 fully saturated rings. The first kappa shape index (κ1) is 19.9. The number of nitrogens with zero attached hydrogens (tertiary/aromatic N) is 3. The Hall–Kier alpha value is -2.85. The van der Waals surface area contributed by atoms with Crippen LogP contribution < -0.4 is 5.32 Å². The van der Waals surface area contributed by atoms with Gasteiger partial charge in [-0.3, -0.25) is 9.78 Å². The second-order valence-electron chi connectivity index (χ2n) is 6.31. The van der Waals surface area contributed by atoms with E-state index in [-0.39, 0.29) is 10.6 Å². The van der Waals surface area contributed by atoms with Gasteiger partial charge in [0, 0.05) is 25.0 Å². The highest BCUT2D eigenvalue weighted by atomic mass is 32.2. The van der Waals surface area contributed by atoms with Crippen LogP contribution in [0.15, 0.2) is 41.6 Å². The minimum atomic E-state index is -3.58. The van der Waals surface area contributed by atoms with Crippen LogP contribution in [0, 0.1) is 6.92 Å². The fourth-order valence-corrected chi connectivity index (χ4v) is 4.28. The highest BCUT2D eigenvalue weighted by Crippen LogP contribution is 2.23. The molecule has 1 aliphatic rings. The molecular weight excluding hydrogens is 384 g/mol. The average molecular weight is 404 g/mol. The van der Waals surface area contributed by atoms with Gasteiger partial charge in [0.15, 0.2) is 12.3 Å². The van der Waals surface area contributed by atoms with Crippen LogP contribution in [0.3, 0.4) is 0 Å². The first-order valence-electron chi connectivity index (χ1n) is 8.72. The fraction of sp³-hybridized carbons (Fsp3) is 0.333. The Bertz CT molecular complexity index is 970. The van der Waals surface area contributed by atoms with E-state index >= 15 is 0 Å². The molecule has 1 amide bonds. The number of ether oxygens (including phenoxy) is 1. The van der Waals surface area contributed by atoms with Crippen molar-refractivity contribution in [1.29, 1.82) is 0 Å². The number of carbonyl (C=O) groups is 2. The van der Waals surface area contributed by atoms with E-state index in [4.69, 9.17) is 4.74 Å². The summed E-state index contributed by atoms with van der Waals surface area (Å²) in [6.45, 7) is 2.19. The molecule has 1 aliphatic heterocycles. The summed E-state index contributed by atoms with van der Waals surface area (Å²) < 4.78 is 31.5. The van der Waals surface area contributed by atoms with Crippen LogP contribution >= 0.6 is 0 Å². The smallest absolute Gasteiger partial charge is 0.359 e. The number of aryl methyl sites for hydroxylation is 1. The Balaban J connectivity index is 1.60. The predicted octanol–water partition coefficient (Wildman–Crippen LogP) is 1.37. The van der Waals surface area contributed by atoms with E-state index in [0.717, 1.165) is 12.8 Å². The molecule has 2 aromatic rings. The summed E-state index contributed by atoms with van der Waals surface area (Å²) in [6, 6.07) is 5.98. The van der Waals surface area contributed by atoms with Crippen molar-refractivity contribution in [1.82, 2.24) is 14.3 Å². The van der Waals surface area contributed by atoms with Crippen molar-refractivity contribution < 1.29 is 22.7 Å². The maximum Gasteiger partial charge on any atom is 0.359 e. The van der Waals surface area contributed by atoms with Gasteiger partial charge < -0.3 is 10.1 Å². The third-order valence-electron chi connectivity index (χ3n) is 4.15. The molecule has 1 saturated heterocycles. The van der Waals surface area contributed by atoms with Crippen molar-refractivity contribution in [3.63, 3.8) is 0 Å². The van der Waals surface area contributed by atoms with E-state index < -0.39 is 28.5 Å². The molecule has 0 radical (unpaired) electrons. The molecule has 3 rings (SSSR count). The fourth-order valence-electron chi connectivity index (χ4n) is 2.71. The summed E-state index contributed by atoms with van der Waals surface area (Å²) >= 11 is 0. The van der Waals surface area contributed by atoms with E-state index in [1.165, 1.54) is 28.8 Å². The summed E-state index contributed by atoms with van der Waals surface area (Å²) in [5.41, 5.74) is 0.951. The topological polar surface area (TPSA) is 119 Å². The zero-order chi connectivity index (χ0) is 20.1. The maximum absolute atomic E-state index is 12.6. The summed E-state index contributed by atoms with van der Waals surface area (Å²) in [5.74, 6) is -1.36. The molecule has 0 unspecified atom stereocenters. The maximum atomic E-state index is 12.6. The molecule has 1 N–H and O–H groups in total. The Kier molecular flexibility index (Phi) is 6.00. The largest absolute Gasteiger partial charge is 0.451 e. The normalized spacial score (nSPS) is 14.6. The van der Waals surface area contributed by atoms with Crippen LogP contribution in [-0.4, -0.2) is 54.3 Å². The number of anilines is 1. The molecule has 0 aliphatic carbocycles. The van der Waals surface area contributed by atoms with Crippen molar-refractivity contribution in [2.75, 3.05) is 25.0 Å². The first-order chi connectivity index (χ1) is 13.4. The van der Waals surface area contributed by atoms with Crippen molar-refractivity contribution in [2.45, 2.75) is 24.7 Å². The van der Waals surface area contributed by atoms with Gasteiger partial charge in [-0.1, -0.05) is 6.07 Å². The third kappa shape index (κ3) is 4.70. The van der Waals surface area contributed by atoms with Crippen molar-refractivity contribution >= 4 is 27.6 Å². The summed E-state index contributed by atoms with van der Waals surface area (Å²) in [4.78, 5) is 31.8. The Morgan fingerprint density at radius 2 is 1.93 bits per heavy atom. The Morgan fingerprint density at radius 3 is 2.61 bits per heavy atom. The van der Waals surface area contributed by atoms with Gasteiger partial charge in [0.2, 0.25) is 10.0 Å². The second kappa shape index (κ2) is 8.44. The third-order valence-corrected chi connectivity index (χ3v) is 6.04. The van der Waals surface area contributed by atoms with E-state index in [0.29, 0.717) is 24.5 Å². The van der Waals surface area contributed by atoms with Crippen LogP contribution in [0.4, 0.5) is 5.69 Å². The van der Waals surface area contributed by atoms with Gasteiger partial charge in [0.05, 0.1) is 16.8 Å². The number of hydrogen-bond acceptors (Lipinski definition) is 7. The zero-order valence-electron chi connectivity index (χ0n) is 15.3. The molecule has 0 saturated carbocycles. The quantitative estimate of drug-likeness (QED) is 0.722. The van der Waals surface area contributed by atoms with Gasteiger partial charge >= 0.3 is 5.97 Å². The highest BCUT2D eigenvalue weighted by Gasteiger charge is 2.27. The summed E-state index contributed by atoms with van der Waals surface area (Å²) in [7, 11) is -3.58. The lowest BCUT2D eigenvalue weighted by Gasteiger charge is -2.16. The molecule has 1 aromatic heterocycles. The van der Waals surface area contributed by atoms with Crippen molar-refractivity contribution in [3.8, 4) is 0 Å². The number of nitrogens with one attached hydrogen (secondary N) is 1. The first-order valence-corrected chi connectivity index (χ1v) is 10.2. The van der Waals surface area contributed by atoms with E-state index in [1.54, 1.807) is 19.1 Å². The van der Waals surface area contributed by atoms with Gasteiger partial charge in [-0.2, -0.15) is 4.31 Å². The van der Waals surface area contributed by atoms with E-state index in [9.17, 15) is 18.0 Å². The number of hydrogen-bond donors (Lipinski definition) is 1. The summed E-state index contributed by atoms with van der Waals surface area (Å²) in [6.07, 6.45) is 4.37. The van der Waals surface area contributed by atoms with Crippen molar-refractivity contribution in [2.24, 2.45) is 0 Å². The standard InChI is InChI=1S/C18H20N4O5S/c1-13-10-20-16(11-19-13)18(24)27-12-17(23)21-14-5-4-6-15(9-14)28(25,26)22-7-2-3-8-22/h4-6,9-11H,2-3,7-8,12H2,1H3,(H,21,23). The van der Waals surface area contributed by atoms with Gasteiger partial charge in [-0.05, 0) is 38.0 Å². The lowest BCUT2D eigenvalue weighted by Crippen LogP contribution is -2.28. The van der Waals surface area contributed by atoms with Crippen LogP contribution in [0.25, 0.3) is 0 Å². The van der Waals surface area contributed by atoms with Gasteiger partial charge in [0.25, 0.3) is 5.91 Å². The SMILES string of the molecule is Cc1cnc(C(=O)OCC(=O)Nc2cccc(S(=O)(=O)N3CCCC3)c2)cn1. The molecule has 0 bridgehead atoms. The van der Waals surface area contributed by atoms with Crippen molar-refractivity contribution in [3.05, 3.63) is 48.0 Å². The molecule has 2 heterocycles. The molecule has 0 spiro atoms. The number of amides is 1. The van der Waals surface area contributed by atoms with Gasteiger partial charge in [-0.25, -0.2) is 18.2 Å². The minimum Gasteiger partial charge on any atom is -0.451 e. The van der Waals surface area contributed by atoms with Crippen LogP contribution in [-0.2, 0) is 19.6 Å². The lowest BCUT2D eigenvalue weighted by molar-refractivity contribution is -0.119. The van der Waals surface area contributed by atoms with Gasteiger partial charge in [0.1, 0.15) is 0 Å². The minimum absolute atomic E-state index is 0.00268. The van der Waals surface area contributed by atoms with Crippen LogP contribution in [0.5, 0.6) is 0 Å². The number of aromatic nitrogens is 2. The number of rotatable bonds is 6. The molecule has 10 heteroatoms. The summed E-state index contributed by atoms with van der Waals surface area (Å²) in [5, 5.41) is 2.53. The Morgan fingerprint density at radius 1 is 1.18 bits per heavy atom.